The molecule has 0 aromatic heterocycles. The van der Waals surface area contributed by atoms with Gasteiger partial charge in [-0.2, -0.15) is 0 Å². The third kappa shape index (κ3) is 4.97. The molecule has 19 heavy (non-hydrogen) atoms. The number of halogens is 3. The third-order valence-corrected chi connectivity index (χ3v) is 4.07. The van der Waals surface area contributed by atoms with E-state index in [1.165, 1.54) is 0 Å². The smallest absolute Gasteiger partial charge is 0.252 e. The highest BCUT2D eigenvalue weighted by atomic mass is 79.9. The van der Waals surface area contributed by atoms with E-state index >= 15 is 0 Å². The quantitative estimate of drug-likeness (QED) is 0.756. The second-order valence-corrected chi connectivity index (χ2v) is 7.16. The molecule has 0 saturated carbocycles. The summed E-state index contributed by atoms with van der Waals surface area (Å²) in [6.07, 6.45) is 0.731. The highest BCUT2D eigenvalue weighted by Crippen LogP contribution is 2.25. The Bertz CT molecular complexity index is 457. The van der Waals surface area contributed by atoms with Crippen LogP contribution in [0.15, 0.2) is 22.7 Å². The van der Waals surface area contributed by atoms with Crippen LogP contribution in [-0.4, -0.2) is 17.8 Å². The van der Waals surface area contributed by atoms with Crippen molar-refractivity contribution in [3.05, 3.63) is 33.3 Å². The molecule has 1 aromatic rings. The maximum Gasteiger partial charge on any atom is 0.252 e. The number of alkyl halides is 1. The molecule has 0 aliphatic carbocycles. The lowest BCUT2D eigenvalue weighted by molar-refractivity contribution is 0.0899. The Morgan fingerprint density at radius 3 is 2.58 bits per heavy atom. The summed E-state index contributed by atoms with van der Waals surface area (Å²) in [7, 11) is 0. The summed E-state index contributed by atoms with van der Waals surface area (Å²) in [5.41, 5.74) is 0.492. The Balaban J connectivity index is 2.91. The first-order valence-corrected chi connectivity index (χ1v) is 7.78. The summed E-state index contributed by atoms with van der Waals surface area (Å²) in [5, 5.41) is 3.57. The zero-order chi connectivity index (χ0) is 14.6. The van der Waals surface area contributed by atoms with E-state index in [1.54, 1.807) is 18.2 Å². The van der Waals surface area contributed by atoms with Crippen LogP contribution in [0.3, 0.4) is 0 Å². The topological polar surface area (TPSA) is 29.1 Å². The number of hydrogen-bond donors (Lipinski definition) is 1. The molecule has 1 aromatic carbocycles. The Kier molecular flexibility index (Phi) is 6.15. The van der Waals surface area contributed by atoms with Crippen molar-refractivity contribution in [3.63, 3.8) is 0 Å². The second-order valence-electron chi connectivity index (χ2n) is 5.49. The van der Waals surface area contributed by atoms with E-state index in [2.05, 4.69) is 42.0 Å². The summed E-state index contributed by atoms with van der Waals surface area (Å²) in [6.45, 7) is 6.24. The van der Waals surface area contributed by atoms with Gasteiger partial charge < -0.3 is 5.32 Å². The van der Waals surface area contributed by atoms with Crippen LogP contribution in [0, 0.1) is 5.41 Å². The van der Waals surface area contributed by atoms with Crippen molar-refractivity contribution in [3.8, 4) is 0 Å². The van der Waals surface area contributed by atoms with Gasteiger partial charge in [-0.25, -0.2) is 0 Å². The molecule has 0 aliphatic heterocycles. The van der Waals surface area contributed by atoms with Gasteiger partial charge in [-0.05, 0) is 46.0 Å². The molecule has 0 fully saturated rings. The van der Waals surface area contributed by atoms with Crippen molar-refractivity contribution < 1.29 is 4.79 Å². The monoisotopic (exact) mass is 365 g/mol. The molecule has 0 aliphatic rings. The minimum absolute atomic E-state index is 0.0170. The van der Waals surface area contributed by atoms with E-state index in [0.717, 1.165) is 10.9 Å². The van der Waals surface area contributed by atoms with Crippen LogP contribution >= 0.6 is 39.1 Å². The first kappa shape index (κ1) is 16.8. The Labute approximate surface area is 133 Å². The molecule has 1 amide bonds. The molecule has 5 heteroatoms. The highest BCUT2D eigenvalue weighted by Gasteiger charge is 2.26. The summed E-state index contributed by atoms with van der Waals surface area (Å²) in [5.74, 6) is 0.373. The fourth-order valence-corrected chi connectivity index (χ4v) is 2.56. The van der Waals surface area contributed by atoms with Crippen LogP contribution in [0.4, 0.5) is 0 Å². The second kappa shape index (κ2) is 6.96. The predicted molar refractivity (Wildman–Crippen MR) is 85.2 cm³/mol. The van der Waals surface area contributed by atoms with Crippen molar-refractivity contribution >= 4 is 45.0 Å². The minimum Gasteiger partial charge on any atom is -0.349 e. The molecule has 1 N–H and O–H groups in total. The van der Waals surface area contributed by atoms with Crippen molar-refractivity contribution in [1.82, 2.24) is 5.32 Å². The van der Waals surface area contributed by atoms with Crippen LogP contribution in [0.5, 0.6) is 0 Å². The lowest BCUT2D eigenvalue weighted by Crippen LogP contribution is -2.44. The van der Waals surface area contributed by atoms with Crippen LogP contribution < -0.4 is 5.32 Å². The normalized spacial score (nSPS) is 13.2. The minimum atomic E-state index is -0.139. The molecule has 1 atom stereocenters. The molecule has 1 unspecified atom stereocenters. The van der Waals surface area contributed by atoms with E-state index in [9.17, 15) is 4.79 Å². The average molecular weight is 367 g/mol. The summed E-state index contributed by atoms with van der Waals surface area (Å²) in [6, 6.07) is 5.18. The van der Waals surface area contributed by atoms with Crippen LogP contribution in [-0.2, 0) is 0 Å². The number of carbonyl (C=O) groups is 1. The van der Waals surface area contributed by atoms with Gasteiger partial charge in [-0.15, -0.1) is 11.6 Å². The van der Waals surface area contributed by atoms with Gasteiger partial charge in [0.1, 0.15) is 0 Å². The lowest BCUT2D eigenvalue weighted by Gasteiger charge is -2.31. The highest BCUT2D eigenvalue weighted by molar-refractivity contribution is 9.10. The van der Waals surface area contributed by atoms with Crippen LogP contribution in [0.2, 0.25) is 5.02 Å². The van der Waals surface area contributed by atoms with Crippen LogP contribution in [0.25, 0.3) is 0 Å². The first-order valence-electron chi connectivity index (χ1n) is 6.07. The Morgan fingerprint density at radius 1 is 1.42 bits per heavy atom. The van der Waals surface area contributed by atoms with Crippen molar-refractivity contribution in [2.45, 2.75) is 33.2 Å². The number of carbonyl (C=O) groups excluding carboxylic acids is 1. The van der Waals surface area contributed by atoms with E-state index < -0.39 is 0 Å². The van der Waals surface area contributed by atoms with Crippen LogP contribution in [0.1, 0.15) is 37.6 Å². The number of rotatable bonds is 4. The third-order valence-electron chi connectivity index (χ3n) is 2.92. The van der Waals surface area contributed by atoms with Crippen molar-refractivity contribution in [1.29, 1.82) is 0 Å². The first-order chi connectivity index (χ1) is 8.75. The summed E-state index contributed by atoms with van der Waals surface area (Å²) < 4.78 is 0.730. The van der Waals surface area contributed by atoms with Gasteiger partial charge in [0.25, 0.3) is 5.91 Å². The predicted octanol–water partition coefficient (Wildman–Crippen LogP) is 4.88. The van der Waals surface area contributed by atoms with Gasteiger partial charge in [0.15, 0.2) is 0 Å². The van der Waals surface area contributed by atoms with Gasteiger partial charge in [-0.1, -0.05) is 32.4 Å². The molecular formula is C14H18BrCl2NO. The van der Waals surface area contributed by atoms with E-state index in [0.29, 0.717) is 16.5 Å². The molecule has 0 heterocycles. The molecule has 0 spiro atoms. The average Bonchev–Trinajstić information content (AvgIpc) is 2.30. The van der Waals surface area contributed by atoms with Gasteiger partial charge in [-0.3, -0.25) is 4.79 Å². The van der Waals surface area contributed by atoms with Crippen molar-refractivity contribution in [2.24, 2.45) is 5.41 Å². The van der Waals surface area contributed by atoms with Gasteiger partial charge in [0.05, 0.1) is 5.56 Å². The largest absolute Gasteiger partial charge is 0.349 e. The number of benzene rings is 1. The fraction of sp³-hybridized carbons (Fsp3) is 0.500. The molecule has 2 nitrogen and oxygen atoms in total. The van der Waals surface area contributed by atoms with Crippen molar-refractivity contribution in [2.75, 3.05) is 5.88 Å². The molecule has 106 valence electrons. The summed E-state index contributed by atoms with van der Waals surface area (Å²) in [4.78, 5) is 12.3. The van der Waals surface area contributed by atoms with E-state index in [4.69, 9.17) is 23.2 Å². The maximum absolute atomic E-state index is 12.3. The molecule has 0 bridgehead atoms. The summed E-state index contributed by atoms with van der Waals surface area (Å²) >= 11 is 15.1. The molecule has 0 radical (unpaired) electrons. The van der Waals surface area contributed by atoms with Gasteiger partial charge in [0, 0.05) is 21.4 Å². The van der Waals surface area contributed by atoms with Gasteiger partial charge in [0.2, 0.25) is 0 Å². The van der Waals surface area contributed by atoms with E-state index in [-0.39, 0.29) is 17.4 Å². The maximum atomic E-state index is 12.3. The fourth-order valence-electron chi connectivity index (χ4n) is 1.74. The van der Waals surface area contributed by atoms with Gasteiger partial charge >= 0.3 is 0 Å². The SMILES string of the molecule is CC(C)(C)C(CCCl)NC(=O)c1cc(Cl)ccc1Br. The number of amides is 1. The zero-order valence-electron chi connectivity index (χ0n) is 11.3. The Morgan fingerprint density at radius 2 is 2.05 bits per heavy atom. The molecular weight excluding hydrogens is 349 g/mol. The standard InChI is InChI=1S/C14H18BrCl2NO/c1-14(2,3)12(6-7-16)18-13(19)10-8-9(17)4-5-11(10)15/h4-5,8,12H,6-7H2,1-3H3,(H,18,19). The molecule has 1 rings (SSSR count). The van der Waals surface area contributed by atoms with E-state index in [1.807, 2.05) is 0 Å². The lowest BCUT2D eigenvalue weighted by atomic mass is 9.85. The number of nitrogens with one attached hydrogen (secondary N) is 1. The Hall–Kier alpha value is -0.250. The zero-order valence-corrected chi connectivity index (χ0v) is 14.4. The molecule has 0 saturated heterocycles. The number of hydrogen-bond acceptors (Lipinski definition) is 1.